The number of hydrogen-bond acceptors (Lipinski definition) is 8. The fourth-order valence-electron chi connectivity index (χ4n) is 2.05. The van der Waals surface area contributed by atoms with Crippen LogP contribution < -0.4 is 14.2 Å². The van der Waals surface area contributed by atoms with E-state index in [-0.39, 0.29) is 26.5 Å². The summed E-state index contributed by atoms with van der Waals surface area (Å²) in [5, 5.41) is 0. The van der Waals surface area contributed by atoms with Gasteiger partial charge in [0.15, 0.2) is 0 Å². The maximum atomic E-state index is 12.5. The lowest BCUT2D eigenvalue weighted by atomic mass is 10.3. The molecule has 13 heteroatoms. The van der Waals surface area contributed by atoms with Crippen molar-refractivity contribution in [2.45, 2.75) is 9.10 Å². The second kappa shape index (κ2) is 8.03. The molecule has 0 aliphatic heterocycles. The second-order valence-electron chi connectivity index (χ2n) is 5.24. The Hall–Kier alpha value is -2.22. The van der Waals surface area contributed by atoms with Gasteiger partial charge < -0.3 is 4.74 Å². The Kier molecular flexibility index (Phi) is 5.88. The van der Waals surface area contributed by atoms with Gasteiger partial charge in [-0.1, -0.05) is 0 Å². The van der Waals surface area contributed by atoms with Gasteiger partial charge in [0.2, 0.25) is 5.88 Å². The average molecular weight is 505 g/mol. The number of sulfonamides is 2. The molecule has 1 aromatic carbocycles. The number of ether oxygens (including phenoxy) is 1. The molecule has 3 aromatic rings. The summed E-state index contributed by atoms with van der Waals surface area (Å²) in [6, 6.07) is 9.70. The molecule has 0 atom stereocenters. The number of nitrogens with one attached hydrogen (secondary N) is 2. The molecule has 0 fully saturated rings. The van der Waals surface area contributed by atoms with Crippen molar-refractivity contribution in [3.63, 3.8) is 0 Å². The van der Waals surface area contributed by atoms with Crippen LogP contribution in [0, 0.1) is 0 Å². The molecule has 2 N–H and O–H groups in total. The molecule has 9 nitrogen and oxygen atoms in total. The number of anilines is 2. The number of halogens is 1. The Bertz CT molecular complexity index is 1190. The van der Waals surface area contributed by atoms with E-state index in [2.05, 4.69) is 35.3 Å². The highest BCUT2D eigenvalue weighted by atomic mass is 79.9. The predicted molar refractivity (Wildman–Crippen MR) is 109 cm³/mol. The van der Waals surface area contributed by atoms with Crippen LogP contribution in [-0.4, -0.2) is 33.9 Å². The second-order valence-corrected chi connectivity index (χ2v) is 11.3. The van der Waals surface area contributed by atoms with Crippen molar-refractivity contribution >= 4 is 58.8 Å². The highest BCUT2D eigenvalue weighted by Crippen LogP contribution is 2.28. The summed E-state index contributed by atoms with van der Waals surface area (Å²) < 4.78 is 60.0. The van der Waals surface area contributed by atoms with Crippen LogP contribution in [-0.2, 0) is 20.0 Å². The number of aromatic nitrogens is 2. The molecular weight excluding hydrogens is 492 g/mol. The Morgan fingerprint density at radius 2 is 1.68 bits per heavy atom. The molecule has 0 saturated carbocycles. The molecule has 0 aliphatic rings. The minimum atomic E-state index is -3.92. The van der Waals surface area contributed by atoms with E-state index in [1.807, 2.05) is 0 Å². The summed E-state index contributed by atoms with van der Waals surface area (Å²) >= 11 is 4.28. The maximum Gasteiger partial charge on any atom is 0.271 e. The summed E-state index contributed by atoms with van der Waals surface area (Å²) in [6.45, 7) is 0. The van der Waals surface area contributed by atoms with Crippen molar-refractivity contribution in [1.29, 1.82) is 0 Å². The highest BCUT2D eigenvalue weighted by Gasteiger charge is 2.19. The van der Waals surface area contributed by atoms with Crippen molar-refractivity contribution in [2.24, 2.45) is 0 Å². The Labute approximate surface area is 174 Å². The zero-order chi connectivity index (χ0) is 20.4. The van der Waals surface area contributed by atoms with Gasteiger partial charge >= 0.3 is 0 Å². The van der Waals surface area contributed by atoms with Crippen LogP contribution in [0.2, 0.25) is 0 Å². The van der Waals surface area contributed by atoms with E-state index in [1.165, 1.54) is 43.5 Å². The summed E-state index contributed by atoms with van der Waals surface area (Å²) in [4.78, 5) is 7.56. The molecule has 2 aromatic heterocycles. The Morgan fingerprint density at radius 1 is 0.964 bits per heavy atom. The van der Waals surface area contributed by atoms with Crippen molar-refractivity contribution < 1.29 is 21.6 Å². The zero-order valence-electron chi connectivity index (χ0n) is 14.2. The molecule has 28 heavy (non-hydrogen) atoms. The number of benzene rings is 1. The number of thiophene rings is 1. The first-order valence-corrected chi connectivity index (χ1v) is 12.0. The monoisotopic (exact) mass is 504 g/mol. The molecule has 0 spiro atoms. The molecule has 148 valence electrons. The maximum absolute atomic E-state index is 12.5. The number of methoxy groups -OCH3 is 1. The molecule has 0 radical (unpaired) electrons. The molecule has 0 aliphatic carbocycles. The van der Waals surface area contributed by atoms with E-state index in [1.54, 1.807) is 6.07 Å². The SMILES string of the molecule is COc1cc(NS(=O)(=O)c2ccc(NS(=O)(=O)c3ccc(Br)s3)cc2)ncn1. The fraction of sp³-hybridized carbons (Fsp3) is 0.0667. The van der Waals surface area contributed by atoms with E-state index < -0.39 is 20.0 Å². The van der Waals surface area contributed by atoms with Gasteiger partial charge in [0.25, 0.3) is 20.0 Å². The topological polar surface area (TPSA) is 127 Å². The van der Waals surface area contributed by atoms with Gasteiger partial charge in [-0.2, -0.15) is 0 Å². The smallest absolute Gasteiger partial charge is 0.271 e. The third-order valence-electron chi connectivity index (χ3n) is 3.32. The summed E-state index contributed by atoms with van der Waals surface area (Å²) in [5.74, 6) is 0.248. The van der Waals surface area contributed by atoms with Crippen LogP contribution in [0.4, 0.5) is 11.5 Å². The minimum Gasteiger partial charge on any atom is -0.481 e. The van der Waals surface area contributed by atoms with Gasteiger partial charge in [-0.25, -0.2) is 26.8 Å². The highest BCUT2D eigenvalue weighted by molar-refractivity contribution is 9.11. The van der Waals surface area contributed by atoms with Crippen LogP contribution in [0.1, 0.15) is 0 Å². The van der Waals surface area contributed by atoms with E-state index in [0.29, 0.717) is 3.79 Å². The Morgan fingerprint density at radius 3 is 2.29 bits per heavy atom. The third kappa shape index (κ3) is 4.79. The van der Waals surface area contributed by atoms with Gasteiger partial charge in [-0.05, 0) is 52.3 Å². The normalized spacial score (nSPS) is 11.8. The average Bonchev–Trinajstić information content (AvgIpc) is 3.09. The standard InChI is InChI=1S/C15H13BrN4O5S3/c1-25-14-8-13(17-9-18-14)20-27(21,22)11-4-2-10(3-5-11)19-28(23,24)15-7-6-12(16)26-15/h2-9,19H,1H3,(H,17,18,20). The summed E-state index contributed by atoms with van der Waals surface area (Å²) in [7, 11) is -6.28. The molecule has 0 saturated heterocycles. The van der Waals surface area contributed by atoms with Crippen LogP contribution in [0.15, 0.2) is 61.7 Å². The van der Waals surface area contributed by atoms with Crippen LogP contribution in [0.3, 0.4) is 0 Å². The molecule has 0 amide bonds. The first-order valence-electron chi connectivity index (χ1n) is 7.47. The van der Waals surface area contributed by atoms with E-state index in [4.69, 9.17) is 4.74 Å². The molecule has 0 bridgehead atoms. The third-order valence-corrected chi connectivity index (χ3v) is 8.19. The number of rotatable bonds is 7. The molecular formula is C15H13BrN4O5S3. The van der Waals surface area contributed by atoms with Crippen LogP contribution in [0.5, 0.6) is 5.88 Å². The van der Waals surface area contributed by atoms with Crippen molar-refractivity contribution in [2.75, 3.05) is 16.6 Å². The zero-order valence-corrected chi connectivity index (χ0v) is 18.2. The first kappa shape index (κ1) is 20.5. The Balaban J connectivity index is 1.77. The minimum absolute atomic E-state index is 0.0416. The van der Waals surface area contributed by atoms with Gasteiger partial charge in [-0.15, -0.1) is 11.3 Å². The van der Waals surface area contributed by atoms with Crippen LogP contribution >= 0.6 is 27.3 Å². The van der Waals surface area contributed by atoms with Gasteiger partial charge in [0.05, 0.1) is 15.8 Å². The molecule has 2 heterocycles. The van der Waals surface area contributed by atoms with E-state index in [9.17, 15) is 16.8 Å². The van der Waals surface area contributed by atoms with Gasteiger partial charge in [-0.3, -0.25) is 9.44 Å². The fourth-order valence-corrected chi connectivity index (χ4v) is 6.12. The quantitative estimate of drug-likeness (QED) is 0.506. The van der Waals surface area contributed by atoms with Gasteiger partial charge in [0, 0.05) is 11.8 Å². The van der Waals surface area contributed by atoms with Gasteiger partial charge in [0.1, 0.15) is 16.4 Å². The number of nitrogens with zero attached hydrogens (tertiary/aromatic N) is 2. The summed E-state index contributed by atoms with van der Waals surface area (Å²) in [6.07, 6.45) is 1.16. The lowest BCUT2D eigenvalue weighted by Gasteiger charge is -2.10. The predicted octanol–water partition coefficient (Wildman–Crippen LogP) is 2.91. The van der Waals surface area contributed by atoms with Crippen molar-refractivity contribution in [1.82, 2.24) is 9.97 Å². The molecule has 3 rings (SSSR count). The lowest BCUT2D eigenvalue weighted by Crippen LogP contribution is -2.15. The first-order chi connectivity index (χ1) is 13.2. The van der Waals surface area contributed by atoms with Crippen LogP contribution in [0.25, 0.3) is 0 Å². The van der Waals surface area contributed by atoms with E-state index in [0.717, 1.165) is 17.7 Å². The summed E-state index contributed by atoms with van der Waals surface area (Å²) in [5.41, 5.74) is 0.229. The number of hydrogen-bond donors (Lipinski definition) is 2. The van der Waals surface area contributed by atoms with Crippen molar-refractivity contribution in [3.8, 4) is 5.88 Å². The molecule has 0 unspecified atom stereocenters. The van der Waals surface area contributed by atoms with E-state index >= 15 is 0 Å². The largest absolute Gasteiger partial charge is 0.481 e. The lowest BCUT2D eigenvalue weighted by molar-refractivity contribution is 0.397. The van der Waals surface area contributed by atoms with Crippen molar-refractivity contribution in [3.05, 3.63) is 52.6 Å².